The number of carbonyl (C=O) groups is 2. The number of carbonyl (C=O) groups excluding carboxylic acids is 2. The molecule has 0 bridgehead atoms. The fourth-order valence-electron chi connectivity index (χ4n) is 2.54. The molecule has 2 amide bonds. The number of hydrogen-bond donors (Lipinski definition) is 2. The lowest BCUT2D eigenvalue weighted by Crippen LogP contribution is -2.42. The van der Waals surface area contributed by atoms with Crippen molar-refractivity contribution in [1.29, 1.82) is 0 Å². The van der Waals surface area contributed by atoms with Crippen LogP contribution in [0.3, 0.4) is 0 Å². The molecule has 6 heteroatoms. The van der Waals surface area contributed by atoms with Crippen LogP contribution >= 0.6 is 0 Å². The van der Waals surface area contributed by atoms with Crippen LogP contribution in [0.25, 0.3) is 0 Å². The Hall–Kier alpha value is -3.80. The van der Waals surface area contributed by atoms with E-state index in [0.29, 0.717) is 28.2 Å². The third-order valence-electron chi connectivity index (χ3n) is 4.04. The van der Waals surface area contributed by atoms with Crippen LogP contribution in [0.1, 0.15) is 26.3 Å². The minimum Gasteiger partial charge on any atom is -0.497 e. The van der Waals surface area contributed by atoms with Crippen molar-refractivity contribution in [3.05, 3.63) is 95.6 Å². The lowest BCUT2D eigenvalue weighted by atomic mass is 10.1. The third kappa shape index (κ3) is 4.88. The summed E-state index contributed by atoms with van der Waals surface area (Å²) in [6.07, 6.45) is 0. The molecule has 0 atom stereocenters. The molecule has 0 unspecified atom stereocenters. The van der Waals surface area contributed by atoms with Gasteiger partial charge in [0.2, 0.25) is 0 Å². The molecule has 0 heterocycles. The number of methoxy groups -OCH3 is 1. The van der Waals surface area contributed by atoms with Gasteiger partial charge in [0.15, 0.2) is 0 Å². The summed E-state index contributed by atoms with van der Waals surface area (Å²) in [5.41, 5.74) is 6.39. The van der Waals surface area contributed by atoms with E-state index in [9.17, 15) is 9.59 Å². The average Bonchev–Trinajstić information content (AvgIpc) is 2.76. The molecule has 0 spiro atoms. The second-order valence-corrected chi connectivity index (χ2v) is 5.90. The van der Waals surface area contributed by atoms with Crippen molar-refractivity contribution in [1.82, 2.24) is 10.9 Å². The molecule has 0 saturated carbocycles. The second kappa shape index (κ2) is 9.23. The highest BCUT2D eigenvalue weighted by Gasteiger charge is 2.13. The number of rotatable bonds is 6. The minimum atomic E-state index is -0.422. The summed E-state index contributed by atoms with van der Waals surface area (Å²) in [5, 5.41) is 0. The van der Waals surface area contributed by atoms with E-state index in [-0.39, 0.29) is 6.61 Å². The van der Waals surface area contributed by atoms with E-state index in [1.807, 2.05) is 42.5 Å². The monoisotopic (exact) mass is 376 g/mol. The Bertz CT molecular complexity index is 940. The number of hydrogen-bond acceptors (Lipinski definition) is 4. The standard InChI is InChI=1S/C22H20N2O4/c1-27-18-13-11-16(12-14-18)21(25)23-24-22(26)20-10-6-5-7-17(20)15-28-19-8-3-2-4-9-19/h2-14H,15H2,1H3,(H,23,25)(H,24,26). The fraction of sp³-hybridized carbons (Fsp3) is 0.0909. The molecule has 0 aliphatic heterocycles. The molecule has 0 saturated heterocycles. The van der Waals surface area contributed by atoms with Gasteiger partial charge in [-0.2, -0.15) is 0 Å². The summed E-state index contributed by atoms with van der Waals surface area (Å²) in [4.78, 5) is 24.7. The Morgan fingerprint density at radius 2 is 1.39 bits per heavy atom. The number of nitrogens with one attached hydrogen (secondary N) is 2. The van der Waals surface area contributed by atoms with Crippen LogP contribution in [-0.2, 0) is 6.61 Å². The lowest BCUT2D eigenvalue weighted by Gasteiger charge is -2.12. The van der Waals surface area contributed by atoms with Crippen molar-refractivity contribution in [3.8, 4) is 11.5 Å². The Morgan fingerprint density at radius 3 is 2.11 bits per heavy atom. The molecule has 6 nitrogen and oxygen atoms in total. The summed E-state index contributed by atoms with van der Waals surface area (Å²) in [5.74, 6) is 0.515. The first-order valence-electron chi connectivity index (χ1n) is 8.68. The quantitative estimate of drug-likeness (QED) is 0.647. The summed E-state index contributed by atoms with van der Waals surface area (Å²) in [6.45, 7) is 0.236. The van der Waals surface area contributed by atoms with Crippen molar-refractivity contribution >= 4 is 11.8 Å². The Kier molecular flexibility index (Phi) is 6.25. The molecule has 142 valence electrons. The fourth-order valence-corrected chi connectivity index (χ4v) is 2.54. The molecule has 0 aliphatic rings. The van der Waals surface area contributed by atoms with Crippen molar-refractivity contribution in [2.75, 3.05) is 7.11 Å². The molecule has 2 N–H and O–H groups in total. The number of hydrazine groups is 1. The van der Waals surface area contributed by atoms with E-state index in [4.69, 9.17) is 9.47 Å². The first kappa shape index (κ1) is 19.0. The van der Waals surface area contributed by atoms with Gasteiger partial charge < -0.3 is 9.47 Å². The first-order chi connectivity index (χ1) is 13.7. The molecule has 3 rings (SSSR count). The van der Waals surface area contributed by atoms with E-state index in [2.05, 4.69) is 10.9 Å². The third-order valence-corrected chi connectivity index (χ3v) is 4.04. The van der Waals surface area contributed by atoms with Gasteiger partial charge in [-0.1, -0.05) is 36.4 Å². The van der Waals surface area contributed by atoms with Gasteiger partial charge in [-0.3, -0.25) is 20.4 Å². The maximum atomic E-state index is 12.5. The zero-order valence-corrected chi connectivity index (χ0v) is 15.3. The summed E-state index contributed by atoms with van der Waals surface area (Å²) in [7, 11) is 1.55. The van der Waals surface area contributed by atoms with E-state index in [1.54, 1.807) is 43.5 Å². The molecule has 0 radical (unpaired) electrons. The van der Waals surface area contributed by atoms with Crippen LogP contribution in [-0.4, -0.2) is 18.9 Å². The number of amides is 2. The summed E-state index contributed by atoms with van der Waals surface area (Å²) in [6, 6.07) is 23.0. The lowest BCUT2D eigenvalue weighted by molar-refractivity contribution is 0.0845. The second-order valence-electron chi connectivity index (χ2n) is 5.90. The Labute approximate surface area is 163 Å². The topological polar surface area (TPSA) is 76.7 Å². The van der Waals surface area contributed by atoms with Crippen LogP contribution in [0.15, 0.2) is 78.9 Å². The zero-order valence-electron chi connectivity index (χ0n) is 15.3. The molecule has 3 aromatic rings. The minimum absolute atomic E-state index is 0.236. The number of para-hydroxylation sites is 1. The maximum Gasteiger partial charge on any atom is 0.270 e. The van der Waals surface area contributed by atoms with Crippen LogP contribution in [0.2, 0.25) is 0 Å². The van der Waals surface area contributed by atoms with Crippen LogP contribution in [0, 0.1) is 0 Å². The van der Waals surface area contributed by atoms with E-state index in [0.717, 1.165) is 0 Å². The van der Waals surface area contributed by atoms with E-state index >= 15 is 0 Å². The molecule has 0 aliphatic carbocycles. The summed E-state index contributed by atoms with van der Waals surface area (Å²) >= 11 is 0. The van der Waals surface area contributed by atoms with Gasteiger partial charge in [0.05, 0.1) is 7.11 Å². The average molecular weight is 376 g/mol. The predicted molar refractivity (Wildman–Crippen MR) is 105 cm³/mol. The smallest absolute Gasteiger partial charge is 0.270 e. The van der Waals surface area contributed by atoms with Gasteiger partial charge in [-0.25, -0.2) is 0 Å². The SMILES string of the molecule is COc1ccc(C(=O)NNC(=O)c2ccccc2COc2ccccc2)cc1. The molecule has 28 heavy (non-hydrogen) atoms. The van der Waals surface area contributed by atoms with Crippen LogP contribution in [0.4, 0.5) is 0 Å². The van der Waals surface area contributed by atoms with Crippen molar-refractivity contribution in [2.45, 2.75) is 6.61 Å². The molecule has 0 fully saturated rings. The zero-order chi connectivity index (χ0) is 19.8. The molecule has 0 aromatic heterocycles. The number of benzene rings is 3. The van der Waals surface area contributed by atoms with Crippen molar-refractivity contribution < 1.29 is 19.1 Å². The van der Waals surface area contributed by atoms with Crippen LogP contribution in [0.5, 0.6) is 11.5 Å². The normalized spacial score (nSPS) is 10.0. The van der Waals surface area contributed by atoms with Gasteiger partial charge in [-0.15, -0.1) is 0 Å². The highest BCUT2D eigenvalue weighted by Crippen LogP contribution is 2.15. The van der Waals surface area contributed by atoms with Gasteiger partial charge in [0.25, 0.3) is 11.8 Å². The Morgan fingerprint density at radius 1 is 0.750 bits per heavy atom. The molecular weight excluding hydrogens is 356 g/mol. The highest BCUT2D eigenvalue weighted by atomic mass is 16.5. The van der Waals surface area contributed by atoms with Gasteiger partial charge >= 0.3 is 0 Å². The van der Waals surface area contributed by atoms with Gasteiger partial charge in [0, 0.05) is 16.7 Å². The van der Waals surface area contributed by atoms with Crippen molar-refractivity contribution in [2.24, 2.45) is 0 Å². The number of ether oxygens (including phenoxy) is 2. The van der Waals surface area contributed by atoms with Crippen LogP contribution < -0.4 is 20.3 Å². The van der Waals surface area contributed by atoms with E-state index < -0.39 is 11.8 Å². The van der Waals surface area contributed by atoms with Crippen molar-refractivity contribution in [3.63, 3.8) is 0 Å². The highest BCUT2D eigenvalue weighted by molar-refractivity contribution is 5.99. The Balaban J connectivity index is 1.61. The van der Waals surface area contributed by atoms with Gasteiger partial charge in [-0.05, 0) is 42.5 Å². The van der Waals surface area contributed by atoms with E-state index in [1.165, 1.54) is 0 Å². The van der Waals surface area contributed by atoms with Gasteiger partial charge in [0.1, 0.15) is 18.1 Å². The largest absolute Gasteiger partial charge is 0.497 e. The first-order valence-corrected chi connectivity index (χ1v) is 8.68. The molecular formula is C22H20N2O4. The molecule has 3 aromatic carbocycles. The maximum absolute atomic E-state index is 12.5. The summed E-state index contributed by atoms with van der Waals surface area (Å²) < 4.78 is 10.8. The predicted octanol–water partition coefficient (Wildman–Crippen LogP) is 3.35.